The molecule has 5 atom stereocenters. The third-order valence-corrected chi connectivity index (χ3v) is 6.77. The van der Waals surface area contributed by atoms with Crippen LogP contribution in [0, 0.1) is 6.92 Å². The van der Waals surface area contributed by atoms with Crippen molar-refractivity contribution in [3.8, 4) is 0 Å². The Kier molecular flexibility index (Phi) is 8.56. The second-order valence-corrected chi connectivity index (χ2v) is 9.53. The number of sulfone groups is 1. The Morgan fingerprint density at radius 3 is 1.82 bits per heavy atom. The number of hydrogen-bond donors (Lipinski definition) is 0. The van der Waals surface area contributed by atoms with Crippen LogP contribution >= 0.6 is 0 Å². The molecule has 0 bridgehead atoms. The molecular formula is C21H26O11S. The molecule has 1 aliphatic heterocycles. The summed E-state index contributed by atoms with van der Waals surface area (Å²) in [5, 5.41) is -1.79. The van der Waals surface area contributed by atoms with E-state index in [0.717, 1.165) is 33.3 Å². The quantitative estimate of drug-likeness (QED) is 0.399. The molecule has 12 heteroatoms. The van der Waals surface area contributed by atoms with Crippen molar-refractivity contribution in [2.75, 3.05) is 6.61 Å². The van der Waals surface area contributed by atoms with Gasteiger partial charge in [0.25, 0.3) is 0 Å². The highest BCUT2D eigenvalue weighted by Gasteiger charge is 2.57. The van der Waals surface area contributed by atoms with Crippen molar-refractivity contribution in [1.82, 2.24) is 0 Å². The largest absolute Gasteiger partial charge is 0.463 e. The molecule has 1 aliphatic rings. The van der Waals surface area contributed by atoms with Gasteiger partial charge in [-0.1, -0.05) is 17.7 Å². The van der Waals surface area contributed by atoms with Crippen molar-refractivity contribution in [1.29, 1.82) is 0 Å². The van der Waals surface area contributed by atoms with Crippen LogP contribution in [0.1, 0.15) is 33.3 Å². The fourth-order valence-corrected chi connectivity index (χ4v) is 5.15. The lowest BCUT2D eigenvalue weighted by Gasteiger charge is -2.43. The number of esters is 4. The van der Waals surface area contributed by atoms with Crippen molar-refractivity contribution in [2.24, 2.45) is 0 Å². The van der Waals surface area contributed by atoms with E-state index in [9.17, 15) is 27.6 Å². The van der Waals surface area contributed by atoms with Gasteiger partial charge in [-0.15, -0.1) is 0 Å². The SMILES string of the molecule is CC(=O)OC[C@H]1O[C@H](OC(C)=O)[C@H](S(=O)(=O)c2ccc(C)cc2)[C@@H](OC(C)=O)[C@H]1OC(C)=O. The van der Waals surface area contributed by atoms with Gasteiger partial charge in [-0.2, -0.15) is 0 Å². The molecule has 0 radical (unpaired) electrons. The molecule has 1 fully saturated rings. The van der Waals surface area contributed by atoms with E-state index in [-0.39, 0.29) is 4.90 Å². The normalized spacial score (nSPS) is 24.9. The van der Waals surface area contributed by atoms with Crippen LogP contribution in [0.4, 0.5) is 0 Å². The predicted molar refractivity (Wildman–Crippen MR) is 110 cm³/mol. The smallest absolute Gasteiger partial charge is 0.304 e. The average Bonchev–Trinajstić information content (AvgIpc) is 2.67. The second kappa shape index (κ2) is 10.8. The van der Waals surface area contributed by atoms with E-state index in [1.165, 1.54) is 12.1 Å². The zero-order chi connectivity index (χ0) is 24.9. The van der Waals surface area contributed by atoms with E-state index in [2.05, 4.69) is 0 Å². The van der Waals surface area contributed by atoms with Crippen molar-refractivity contribution < 1.29 is 51.3 Å². The molecule has 0 saturated carbocycles. The van der Waals surface area contributed by atoms with Crippen molar-refractivity contribution in [2.45, 2.75) is 69.4 Å². The molecule has 0 spiro atoms. The fraction of sp³-hybridized carbons (Fsp3) is 0.524. The number of benzene rings is 1. The maximum absolute atomic E-state index is 13.6. The highest BCUT2D eigenvalue weighted by Crippen LogP contribution is 2.35. The molecule has 1 heterocycles. The summed E-state index contributed by atoms with van der Waals surface area (Å²) in [6.07, 6.45) is -6.18. The molecule has 33 heavy (non-hydrogen) atoms. The van der Waals surface area contributed by atoms with Gasteiger partial charge in [0.2, 0.25) is 6.29 Å². The van der Waals surface area contributed by atoms with Gasteiger partial charge in [0.05, 0.1) is 4.90 Å². The second-order valence-electron chi connectivity index (χ2n) is 7.43. The van der Waals surface area contributed by atoms with Gasteiger partial charge in [-0.3, -0.25) is 19.2 Å². The van der Waals surface area contributed by atoms with Crippen LogP contribution in [-0.4, -0.2) is 68.8 Å². The van der Waals surface area contributed by atoms with Gasteiger partial charge >= 0.3 is 23.9 Å². The Balaban J connectivity index is 2.64. The standard InChI is InChI=1S/C21H26O11S/c1-11-6-8-16(9-7-11)33(26,27)20-19(30-14(4)24)18(29-13(3)23)17(10-28-12(2)22)32-21(20)31-15(5)25/h6-9,17-21H,10H2,1-5H3/t17-,18+,19+,20-,21+/m1/s1. The highest BCUT2D eigenvalue weighted by molar-refractivity contribution is 7.92. The third kappa shape index (κ3) is 6.75. The molecule has 1 aromatic carbocycles. The maximum Gasteiger partial charge on any atom is 0.304 e. The van der Waals surface area contributed by atoms with Crippen LogP contribution in [0.5, 0.6) is 0 Å². The third-order valence-electron chi connectivity index (χ3n) is 4.64. The topological polar surface area (TPSA) is 149 Å². The van der Waals surface area contributed by atoms with Crippen molar-refractivity contribution in [3.05, 3.63) is 29.8 Å². The van der Waals surface area contributed by atoms with Crippen molar-refractivity contribution >= 4 is 33.7 Å². The van der Waals surface area contributed by atoms with Crippen LogP contribution < -0.4 is 0 Å². The summed E-state index contributed by atoms with van der Waals surface area (Å²) >= 11 is 0. The maximum atomic E-state index is 13.6. The minimum atomic E-state index is -4.37. The molecule has 11 nitrogen and oxygen atoms in total. The molecule has 0 aliphatic carbocycles. The van der Waals surface area contributed by atoms with Crippen LogP contribution in [0.3, 0.4) is 0 Å². The lowest BCUT2D eigenvalue weighted by atomic mass is 10.0. The summed E-state index contributed by atoms with van der Waals surface area (Å²) in [5.74, 6) is -3.27. The van der Waals surface area contributed by atoms with Crippen LogP contribution in [-0.2, 0) is 52.7 Å². The number of carbonyl (C=O) groups is 4. The summed E-state index contributed by atoms with van der Waals surface area (Å²) in [4.78, 5) is 46.6. The van der Waals surface area contributed by atoms with Crippen LogP contribution in [0.2, 0.25) is 0 Å². The molecule has 182 valence electrons. The van der Waals surface area contributed by atoms with E-state index in [4.69, 9.17) is 23.7 Å². The number of ether oxygens (including phenoxy) is 5. The van der Waals surface area contributed by atoms with Gasteiger partial charge in [0.15, 0.2) is 27.3 Å². The van der Waals surface area contributed by atoms with Gasteiger partial charge in [0, 0.05) is 27.7 Å². The number of hydrogen-bond acceptors (Lipinski definition) is 11. The first-order valence-corrected chi connectivity index (χ1v) is 11.5. The Labute approximate surface area is 191 Å². The zero-order valence-corrected chi connectivity index (χ0v) is 19.6. The Bertz CT molecular complexity index is 1000. The van der Waals surface area contributed by atoms with E-state index in [1.54, 1.807) is 19.1 Å². The molecule has 1 saturated heterocycles. The predicted octanol–water partition coefficient (Wildman–Crippen LogP) is 0.852. The van der Waals surface area contributed by atoms with Gasteiger partial charge < -0.3 is 23.7 Å². The van der Waals surface area contributed by atoms with Crippen LogP contribution in [0.15, 0.2) is 29.2 Å². The Morgan fingerprint density at radius 2 is 1.33 bits per heavy atom. The summed E-state index contributed by atoms with van der Waals surface area (Å²) in [5.41, 5.74) is 0.793. The lowest BCUT2D eigenvalue weighted by molar-refractivity contribution is -0.257. The average molecular weight is 486 g/mol. The highest BCUT2D eigenvalue weighted by atomic mass is 32.2. The number of rotatable bonds is 7. The molecule has 0 N–H and O–H groups in total. The molecule has 2 rings (SSSR count). The first kappa shape index (κ1) is 26.3. The summed E-state index contributed by atoms with van der Waals surface area (Å²) in [6, 6.07) is 5.80. The molecule has 0 amide bonds. The van der Waals surface area contributed by atoms with Crippen molar-refractivity contribution in [3.63, 3.8) is 0 Å². The Hall–Kier alpha value is -2.99. The zero-order valence-electron chi connectivity index (χ0n) is 18.8. The Morgan fingerprint density at radius 1 is 0.818 bits per heavy atom. The minimum absolute atomic E-state index is 0.156. The van der Waals surface area contributed by atoms with E-state index in [1.807, 2.05) is 0 Å². The lowest BCUT2D eigenvalue weighted by Crippen LogP contribution is -2.64. The summed E-state index contributed by atoms with van der Waals surface area (Å²) < 4.78 is 53.4. The van der Waals surface area contributed by atoms with E-state index in [0.29, 0.717) is 0 Å². The monoisotopic (exact) mass is 486 g/mol. The molecule has 0 aromatic heterocycles. The molecular weight excluding hydrogens is 460 g/mol. The molecule has 1 aromatic rings. The summed E-state index contributed by atoms with van der Waals surface area (Å²) in [6.45, 7) is 5.55. The van der Waals surface area contributed by atoms with E-state index < -0.39 is 70.2 Å². The first-order valence-electron chi connectivity index (χ1n) is 9.94. The van der Waals surface area contributed by atoms with Gasteiger partial charge in [-0.25, -0.2) is 8.42 Å². The van der Waals surface area contributed by atoms with Crippen LogP contribution in [0.25, 0.3) is 0 Å². The fourth-order valence-electron chi connectivity index (χ4n) is 3.34. The first-order chi connectivity index (χ1) is 15.3. The van der Waals surface area contributed by atoms with Gasteiger partial charge in [-0.05, 0) is 19.1 Å². The minimum Gasteiger partial charge on any atom is -0.463 e. The molecule has 0 unspecified atom stereocenters. The summed E-state index contributed by atoms with van der Waals surface area (Å²) in [7, 11) is -4.37. The number of aryl methyl sites for hydroxylation is 1. The number of carbonyl (C=O) groups excluding carboxylic acids is 4. The van der Waals surface area contributed by atoms with E-state index >= 15 is 0 Å². The van der Waals surface area contributed by atoms with Gasteiger partial charge in [0.1, 0.15) is 12.7 Å².